The van der Waals surface area contributed by atoms with Gasteiger partial charge >= 0.3 is 12.2 Å². The van der Waals surface area contributed by atoms with Crippen molar-refractivity contribution in [2.45, 2.75) is 71.9 Å². The highest BCUT2D eigenvalue weighted by atomic mass is 28.3. The smallest absolute Gasteiger partial charge is 0.409 e. The van der Waals surface area contributed by atoms with Crippen LogP contribution in [0.4, 0.5) is 9.59 Å². The van der Waals surface area contributed by atoms with Crippen LogP contribution in [0.3, 0.4) is 0 Å². The van der Waals surface area contributed by atoms with Gasteiger partial charge in [0.25, 0.3) is 0 Å². The summed E-state index contributed by atoms with van der Waals surface area (Å²) in [6.07, 6.45) is 0.0809. The van der Waals surface area contributed by atoms with E-state index in [1.54, 1.807) is 7.05 Å². The predicted octanol–water partition coefficient (Wildman–Crippen LogP) is 3.78. The first-order chi connectivity index (χ1) is 10.2. The van der Waals surface area contributed by atoms with Crippen LogP contribution in [0.15, 0.2) is 0 Å². The number of rotatable bonds is 7. The van der Waals surface area contributed by atoms with Crippen molar-refractivity contribution in [3.63, 3.8) is 0 Å². The van der Waals surface area contributed by atoms with Crippen molar-refractivity contribution in [2.24, 2.45) is 5.41 Å². The Labute approximate surface area is 141 Å². The average molecular weight is 347 g/mol. The minimum Gasteiger partial charge on any atom is -0.465 e. The molecule has 0 aromatic rings. The van der Waals surface area contributed by atoms with E-state index in [0.717, 1.165) is 6.42 Å². The van der Waals surface area contributed by atoms with Crippen LogP contribution in [-0.2, 0) is 4.74 Å². The molecular weight excluding hydrogens is 312 g/mol. The molecule has 0 aromatic carbocycles. The van der Waals surface area contributed by atoms with Crippen LogP contribution in [0.1, 0.15) is 40.5 Å². The molecule has 0 rings (SSSR count). The highest BCUT2D eigenvalue weighted by Gasteiger charge is 2.28. The van der Waals surface area contributed by atoms with Crippen molar-refractivity contribution >= 4 is 20.3 Å². The van der Waals surface area contributed by atoms with Gasteiger partial charge in [0.2, 0.25) is 0 Å². The summed E-state index contributed by atoms with van der Waals surface area (Å²) in [6.45, 7) is 15.0. The highest BCUT2D eigenvalue weighted by Crippen LogP contribution is 2.22. The maximum atomic E-state index is 12.2. The van der Waals surface area contributed by atoms with Crippen LogP contribution in [-0.4, -0.2) is 55.6 Å². The molecule has 7 heteroatoms. The lowest BCUT2D eigenvalue weighted by molar-refractivity contribution is 0.0958. The fraction of sp³-hybridized carbons (Fsp3) is 0.875. The zero-order valence-electron chi connectivity index (χ0n) is 15.9. The van der Waals surface area contributed by atoms with Crippen molar-refractivity contribution in [1.82, 2.24) is 10.2 Å². The molecule has 0 bridgehead atoms. The molecule has 2 unspecified atom stereocenters. The minimum absolute atomic E-state index is 0.0853. The second-order valence-electron chi connectivity index (χ2n) is 8.52. The molecule has 0 radical (unpaired) electrons. The number of nitrogens with one attached hydrogen (secondary N) is 1. The van der Waals surface area contributed by atoms with E-state index in [4.69, 9.17) is 9.84 Å². The third-order valence-electron chi connectivity index (χ3n) is 3.87. The lowest BCUT2D eigenvalue weighted by Crippen LogP contribution is -2.47. The van der Waals surface area contributed by atoms with Gasteiger partial charge in [-0.1, -0.05) is 40.4 Å². The predicted molar refractivity (Wildman–Crippen MR) is 95.6 cm³/mol. The normalized spacial score (nSPS) is 14.8. The van der Waals surface area contributed by atoms with E-state index in [9.17, 15) is 9.59 Å². The fourth-order valence-corrected chi connectivity index (χ4v) is 2.27. The van der Waals surface area contributed by atoms with Crippen LogP contribution in [0.2, 0.25) is 19.6 Å². The van der Waals surface area contributed by atoms with E-state index in [1.807, 2.05) is 6.92 Å². The van der Waals surface area contributed by atoms with Crippen LogP contribution in [0.25, 0.3) is 0 Å². The first-order valence-electron chi connectivity index (χ1n) is 8.13. The zero-order valence-corrected chi connectivity index (χ0v) is 16.9. The zero-order chi connectivity index (χ0) is 18.4. The van der Waals surface area contributed by atoms with Crippen LogP contribution in [0, 0.1) is 5.41 Å². The maximum Gasteiger partial charge on any atom is 0.409 e. The molecule has 2 amide bonds. The van der Waals surface area contributed by atoms with Crippen LogP contribution >= 0.6 is 0 Å². The Morgan fingerprint density at radius 2 is 1.78 bits per heavy atom. The van der Waals surface area contributed by atoms with Gasteiger partial charge < -0.3 is 20.1 Å². The van der Waals surface area contributed by atoms with Crippen LogP contribution in [0.5, 0.6) is 0 Å². The van der Waals surface area contributed by atoms with Crippen molar-refractivity contribution in [3.05, 3.63) is 0 Å². The summed E-state index contributed by atoms with van der Waals surface area (Å²) in [5.41, 5.74) is 0.0297. The molecular formula is C16H34N2O4Si. The molecule has 23 heavy (non-hydrogen) atoms. The van der Waals surface area contributed by atoms with Crippen molar-refractivity contribution in [2.75, 3.05) is 13.6 Å². The lowest BCUT2D eigenvalue weighted by atomic mass is 9.88. The van der Waals surface area contributed by atoms with Gasteiger partial charge in [-0.25, -0.2) is 9.59 Å². The highest BCUT2D eigenvalue weighted by molar-refractivity contribution is 6.77. The van der Waals surface area contributed by atoms with Crippen molar-refractivity contribution < 1.29 is 19.4 Å². The fourth-order valence-electron chi connectivity index (χ4n) is 1.81. The monoisotopic (exact) mass is 346 g/mol. The van der Waals surface area contributed by atoms with Gasteiger partial charge in [0.1, 0.15) is 0 Å². The number of ether oxygens (including phenoxy) is 1. The maximum absolute atomic E-state index is 12.2. The van der Waals surface area contributed by atoms with Gasteiger partial charge in [0, 0.05) is 19.6 Å². The molecule has 0 saturated carbocycles. The number of hydrogen-bond acceptors (Lipinski definition) is 3. The molecule has 0 saturated heterocycles. The molecule has 0 aromatic heterocycles. The van der Waals surface area contributed by atoms with E-state index in [-0.39, 0.29) is 17.2 Å². The Morgan fingerprint density at radius 1 is 1.26 bits per heavy atom. The number of nitrogens with zero attached hydrogens (tertiary/aromatic N) is 1. The van der Waals surface area contributed by atoms with Gasteiger partial charge in [-0.3, -0.25) is 0 Å². The first kappa shape index (κ1) is 21.8. The third-order valence-corrected chi connectivity index (χ3v) is 6.43. The summed E-state index contributed by atoms with van der Waals surface area (Å²) in [6, 6.07) is -0.300. The average Bonchev–Trinajstić information content (AvgIpc) is 2.32. The summed E-state index contributed by atoms with van der Waals surface area (Å²) < 4.78 is 5.50. The molecule has 0 aliphatic rings. The van der Waals surface area contributed by atoms with E-state index in [0.29, 0.717) is 13.0 Å². The van der Waals surface area contributed by atoms with Gasteiger partial charge in [0.15, 0.2) is 0 Å². The Hall–Kier alpha value is -1.24. The van der Waals surface area contributed by atoms with Gasteiger partial charge in [-0.05, 0) is 25.2 Å². The Kier molecular flexibility index (Phi) is 8.10. The number of amides is 2. The summed E-state index contributed by atoms with van der Waals surface area (Å²) >= 11 is 0. The number of hydrogen-bond donors (Lipinski definition) is 2. The molecule has 2 atom stereocenters. The quantitative estimate of drug-likeness (QED) is 0.688. The van der Waals surface area contributed by atoms with E-state index < -0.39 is 20.3 Å². The summed E-state index contributed by atoms with van der Waals surface area (Å²) in [5.74, 6) is 0. The number of likely N-dealkylation sites (N-methyl/N-ethyl adjacent to an activating group) is 1. The Bertz CT molecular complexity index is 402. The van der Waals surface area contributed by atoms with E-state index in [1.165, 1.54) is 4.90 Å². The second kappa shape index (κ2) is 8.56. The van der Waals surface area contributed by atoms with E-state index >= 15 is 0 Å². The molecule has 136 valence electrons. The first-order valence-corrected chi connectivity index (χ1v) is 11.7. The molecule has 6 nitrogen and oxygen atoms in total. The Balaban J connectivity index is 4.65. The largest absolute Gasteiger partial charge is 0.465 e. The van der Waals surface area contributed by atoms with Crippen LogP contribution < -0.4 is 5.32 Å². The number of carbonyl (C=O) groups excluding carboxylic acids is 1. The third kappa shape index (κ3) is 10.2. The van der Waals surface area contributed by atoms with Crippen molar-refractivity contribution in [1.29, 1.82) is 0 Å². The van der Waals surface area contributed by atoms with Crippen molar-refractivity contribution in [3.8, 4) is 0 Å². The lowest BCUT2D eigenvalue weighted by Gasteiger charge is -2.30. The topological polar surface area (TPSA) is 78.9 Å². The molecule has 0 spiro atoms. The van der Waals surface area contributed by atoms with Gasteiger partial charge in [0.05, 0.1) is 13.8 Å². The Morgan fingerprint density at radius 3 is 2.17 bits per heavy atom. The number of carboxylic acid groups (broad SMARTS) is 1. The minimum atomic E-state index is -1.55. The molecule has 2 N–H and O–H groups in total. The van der Waals surface area contributed by atoms with E-state index in [2.05, 4.69) is 45.7 Å². The molecule has 0 fully saturated rings. The molecule has 0 aliphatic heterocycles. The second-order valence-corrected chi connectivity index (χ2v) is 14.1. The molecule has 0 aliphatic carbocycles. The number of carbonyl (C=O) groups is 2. The van der Waals surface area contributed by atoms with Gasteiger partial charge in [-0.15, -0.1) is 0 Å². The SMILES string of the molecule is CC(OC(=O)N(C)CC(CCC(C)(C)C)NC(=O)O)[Si](C)(C)C. The van der Waals surface area contributed by atoms with Gasteiger partial charge in [-0.2, -0.15) is 0 Å². The summed E-state index contributed by atoms with van der Waals surface area (Å²) in [7, 11) is 0.0908. The molecule has 0 heterocycles. The summed E-state index contributed by atoms with van der Waals surface area (Å²) in [5, 5.41) is 11.5. The summed E-state index contributed by atoms with van der Waals surface area (Å²) in [4.78, 5) is 24.6. The standard InChI is InChI=1S/C16H34N2O4Si/c1-12(23(6,7)8)22-15(21)18(5)11-13(17-14(19)20)9-10-16(2,3)4/h12-13,17H,9-11H2,1-8H3,(H,19,20).